The van der Waals surface area contributed by atoms with Gasteiger partial charge in [0.15, 0.2) is 17.3 Å². The van der Waals surface area contributed by atoms with Crippen LogP contribution in [0.2, 0.25) is 0 Å². The van der Waals surface area contributed by atoms with E-state index in [1.807, 2.05) is 41.3 Å². The zero-order chi connectivity index (χ0) is 27.1. The van der Waals surface area contributed by atoms with Crippen LogP contribution in [-0.2, 0) is 4.74 Å². The van der Waals surface area contributed by atoms with Gasteiger partial charge >= 0.3 is 0 Å². The van der Waals surface area contributed by atoms with E-state index in [0.29, 0.717) is 79.3 Å². The second-order valence-electron chi connectivity index (χ2n) is 10.9. The van der Waals surface area contributed by atoms with Crippen molar-refractivity contribution in [2.75, 3.05) is 44.3 Å². The van der Waals surface area contributed by atoms with Gasteiger partial charge < -0.3 is 28.3 Å². The Balaban J connectivity index is 1.43. The van der Waals surface area contributed by atoms with E-state index in [2.05, 4.69) is 6.92 Å². The van der Waals surface area contributed by atoms with Crippen molar-refractivity contribution in [3.05, 3.63) is 70.3 Å². The number of hydrogen-bond donors (Lipinski definition) is 0. The highest BCUT2D eigenvalue weighted by atomic mass is 19.1. The number of rotatable bonds is 2. The zero-order valence-electron chi connectivity index (χ0n) is 21.9. The van der Waals surface area contributed by atoms with Gasteiger partial charge in [0, 0.05) is 49.2 Å². The van der Waals surface area contributed by atoms with E-state index in [1.165, 1.54) is 6.07 Å². The molecule has 1 amide bonds. The van der Waals surface area contributed by atoms with Crippen LogP contribution >= 0.6 is 0 Å². The monoisotopic (exact) mass is 539 g/mol. The fourth-order valence-corrected chi connectivity index (χ4v) is 6.35. The number of anilines is 1. The highest BCUT2D eigenvalue weighted by molar-refractivity contribution is 6.07. The van der Waals surface area contributed by atoms with Gasteiger partial charge in [-0.1, -0.05) is 25.1 Å². The van der Waals surface area contributed by atoms with Crippen molar-refractivity contribution >= 4 is 44.4 Å². The van der Waals surface area contributed by atoms with Crippen molar-refractivity contribution in [3.8, 4) is 17.2 Å². The van der Waals surface area contributed by atoms with Crippen LogP contribution in [0.5, 0.6) is 11.5 Å². The molecule has 0 bridgehead atoms. The molecule has 5 heterocycles. The Bertz CT molecular complexity index is 1940. The van der Waals surface area contributed by atoms with Gasteiger partial charge in [-0.3, -0.25) is 9.59 Å². The first-order chi connectivity index (χ1) is 19.5. The summed E-state index contributed by atoms with van der Waals surface area (Å²) >= 11 is 0. The maximum atomic E-state index is 16.0. The number of fused-ring (bicyclic) bond motifs is 5. The van der Waals surface area contributed by atoms with Crippen LogP contribution in [0.1, 0.15) is 23.7 Å². The van der Waals surface area contributed by atoms with Crippen molar-refractivity contribution in [1.29, 1.82) is 0 Å². The minimum atomic E-state index is -0.533. The van der Waals surface area contributed by atoms with E-state index >= 15 is 4.39 Å². The molecule has 9 heteroatoms. The number of nitrogens with zero attached hydrogens (tertiary/aromatic N) is 3. The molecule has 202 valence electrons. The summed E-state index contributed by atoms with van der Waals surface area (Å²) in [6.45, 7) is 5.11. The van der Waals surface area contributed by atoms with Gasteiger partial charge in [0.25, 0.3) is 5.91 Å². The lowest BCUT2D eigenvalue weighted by Gasteiger charge is -2.30. The largest absolute Gasteiger partial charge is 0.456 e. The number of carbonyl (C=O) groups is 1. The van der Waals surface area contributed by atoms with Crippen molar-refractivity contribution in [2.45, 2.75) is 13.3 Å². The first-order valence-corrected chi connectivity index (χ1v) is 13.7. The van der Waals surface area contributed by atoms with E-state index in [9.17, 15) is 9.59 Å². The third-order valence-electron chi connectivity index (χ3n) is 8.37. The van der Waals surface area contributed by atoms with Crippen LogP contribution in [0.3, 0.4) is 0 Å². The van der Waals surface area contributed by atoms with E-state index in [4.69, 9.17) is 13.9 Å². The SMILES string of the molecule is C[C@@H]1CCN(c2c(F)cc3c(=O)c(C(=O)N4CCOCC4)cn4c3c2Oc2cc3c(cc2-4)oc2ccccc23)C1. The Kier molecular flexibility index (Phi) is 5.03. The van der Waals surface area contributed by atoms with Crippen LogP contribution in [0, 0.1) is 11.7 Å². The Morgan fingerprint density at radius 2 is 1.82 bits per heavy atom. The molecular formula is C31H26FN3O5. The van der Waals surface area contributed by atoms with E-state index in [-0.39, 0.29) is 10.9 Å². The van der Waals surface area contributed by atoms with E-state index < -0.39 is 17.2 Å². The molecule has 1 atom stereocenters. The topological polar surface area (TPSA) is 77.2 Å². The van der Waals surface area contributed by atoms with Gasteiger partial charge in [-0.2, -0.15) is 0 Å². The number of halogens is 1. The molecule has 2 aromatic heterocycles. The smallest absolute Gasteiger partial charge is 0.259 e. The Labute approximate surface area is 228 Å². The molecule has 0 radical (unpaired) electrons. The molecule has 8 rings (SSSR count). The number of pyridine rings is 1. The van der Waals surface area contributed by atoms with E-state index in [1.54, 1.807) is 15.7 Å². The third kappa shape index (κ3) is 3.33. The molecule has 0 spiro atoms. The molecular weight excluding hydrogens is 513 g/mol. The second-order valence-corrected chi connectivity index (χ2v) is 10.9. The van der Waals surface area contributed by atoms with Crippen LogP contribution in [-0.4, -0.2) is 54.8 Å². The molecule has 5 aromatic rings. The summed E-state index contributed by atoms with van der Waals surface area (Å²) in [5.41, 5.74) is 2.27. The third-order valence-corrected chi connectivity index (χ3v) is 8.37. The number of carbonyl (C=O) groups excluding carboxylic acids is 1. The maximum Gasteiger partial charge on any atom is 0.259 e. The lowest BCUT2D eigenvalue weighted by Crippen LogP contribution is -2.42. The zero-order valence-corrected chi connectivity index (χ0v) is 21.9. The summed E-state index contributed by atoms with van der Waals surface area (Å²) in [4.78, 5) is 31.0. The molecule has 3 aliphatic heterocycles. The van der Waals surface area contributed by atoms with E-state index in [0.717, 1.165) is 22.8 Å². The molecule has 0 saturated carbocycles. The van der Waals surface area contributed by atoms with Crippen molar-refractivity contribution in [1.82, 2.24) is 9.47 Å². The van der Waals surface area contributed by atoms with Gasteiger partial charge in [-0.05, 0) is 30.5 Å². The summed E-state index contributed by atoms with van der Waals surface area (Å²) in [6, 6.07) is 12.8. The molecule has 0 N–H and O–H groups in total. The number of ether oxygens (including phenoxy) is 2. The van der Waals surface area contributed by atoms with Gasteiger partial charge in [0.1, 0.15) is 27.9 Å². The second kappa shape index (κ2) is 8.56. The molecule has 0 aliphatic carbocycles. The Hall–Kier alpha value is -4.37. The number of furan rings is 1. The van der Waals surface area contributed by atoms with Crippen molar-refractivity contribution < 1.29 is 23.1 Å². The summed E-state index contributed by atoms with van der Waals surface area (Å²) in [6.07, 6.45) is 2.52. The van der Waals surface area contributed by atoms with Gasteiger partial charge in [-0.25, -0.2) is 4.39 Å². The van der Waals surface area contributed by atoms with Crippen molar-refractivity contribution in [2.24, 2.45) is 5.92 Å². The summed E-state index contributed by atoms with van der Waals surface area (Å²) in [7, 11) is 0. The normalized spacial score (nSPS) is 18.5. The summed E-state index contributed by atoms with van der Waals surface area (Å²) < 4.78 is 35.8. The standard InChI is InChI=1S/C31H26FN3O5/c1-17-6-7-34(15-17)28-22(32)12-20-27-30(28)40-26-13-19-18-4-2-3-5-24(18)39-25(19)14-23(26)35(27)16-21(29(20)36)31(37)33-8-10-38-11-9-33/h2-5,12-14,16-17H,6-11,15H2,1H3/t17-/m1/s1. The minimum Gasteiger partial charge on any atom is -0.456 e. The predicted molar refractivity (Wildman–Crippen MR) is 150 cm³/mol. The number of morpholine rings is 1. The lowest BCUT2D eigenvalue weighted by atomic mass is 10.0. The predicted octanol–water partition coefficient (Wildman–Crippen LogP) is 5.45. The average molecular weight is 540 g/mol. The van der Waals surface area contributed by atoms with Crippen LogP contribution < -0.4 is 15.1 Å². The number of para-hydroxylation sites is 1. The maximum absolute atomic E-state index is 16.0. The number of amides is 1. The fourth-order valence-electron chi connectivity index (χ4n) is 6.35. The molecule has 2 fully saturated rings. The molecule has 2 saturated heterocycles. The first-order valence-electron chi connectivity index (χ1n) is 13.7. The molecule has 0 unspecified atom stereocenters. The van der Waals surface area contributed by atoms with Crippen LogP contribution in [0.4, 0.5) is 10.1 Å². The highest BCUT2D eigenvalue weighted by Crippen LogP contribution is 2.49. The van der Waals surface area contributed by atoms with Crippen LogP contribution in [0.15, 0.2) is 57.9 Å². The Morgan fingerprint density at radius 1 is 1.00 bits per heavy atom. The van der Waals surface area contributed by atoms with Crippen LogP contribution in [0.25, 0.3) is 38.5 Å². The number of hydrogen-bond acceptors (Lipinski definition) is 6. The molecule has 40 heavy (non-hydrogen) atoms. The first kappa shape index (κ1) is 23.5. The Morgan fingerprint density at radius 3 is 2.62 bits per heavy atom. The quantitative estimate of drug-likeness (QED) is 0.291. The number of aromatic nitrogens is 1. The summed E-state index contributed by atoms with van der Waals surface area (Å²) in [5, 5.41) is 1.92. The fraction of sp³-hybridized carbons (Fsp3) is 0.290. The number of benzene rings is 3. The highest BCUT2D eigenvalue weighted by Gasteiger charge is 2.34. The van der Waals surface area contributed by atoms with Crippen molar-refractivity contribution in [3.63, 3.8) is 0 Å². The minimum absolute atomic E-state index is 0.0140. The lowest BCUT2D eigenvalue weighted by molar-refractivity contribution is 0.0302. The molecule has 3 aromatic carbocycles. The van der Waals surface area contributed by atoms with Gasteiger partial charge in [0.05, 0.1) is 24.3 Å². The van der Waals surface area contributed by atoms with Gasteiger partial charge in [0.2, 0.25) is 5.43 Å². The van der Waals surface area contributed by atoms with Gasteiger partial charge in [-0.15, -0.1) is 0 Å². The summed E-state index contributed by atoms with van der Waals surface area (Å²) in [5.74, 6) is 0.281. The molecule has 3 aliphatic rings. The molecule has 8 nitrogen and oxygen atoms in total. The average Bonchev–Trinajstić information content (AvgIpc) is 3.56.